The van der Waals surface area contributed by atoms with Gasteiger partial charge in [-0.25, -0.2) is 4.98 Å². The van der Waals surface area contributed by atoms with Crippen LogP contribution < -0.4 is 5.32 Å². The molecule has 0 bridgehead atoms. The Labute approximate surface area is 109 Å². The van der Waals surface area contributed by atoms with Crippen molar-refractivity contribution in [1.82, 2.24) is 14.9 Å². The molecule has 1 aromatic rings. The number of aromatic nitrogens is 2. The van der Waals surface area contributed by atoms with E-state index in [0.717, 1.165) is 50.4 Å². The summed E-state index contributed by atoms with van der Waals surface area (Å²) in [5, 5.41) is 13.8. The molecule has 4 nitrogen and oxygen atoms in total. The zero-order valence-electron chi connectivity index (χ0n) is 11.5. The van der Waals surface area contributed by atoms with Crippen LogP contribution in [0.3, 0.4) is 0 Å². The molecule has 1 aliphatic rings. The second-order valence-electron chi connectivity index (χ2n) is 5.79. The van der Waals surface area contributed by atoms with E-state index in [2.05, 4.69) is 17.2 Å². The summed E-state index contributed by atoms with van der Waals surface area (Å²) in [6, 6.07) is 0. The van der Waals surface area contributed by atoms with Gasteiger partial charge in [0.05, 0.1) is 5.60 Å². The van der Waals surface area contributed by atoms with Crippen LogP contribution in [0, 0.1) is 5.92 Å². The molecule has 2 rings (SSSR count). The lowest BCUT2D eigenvalue weighted by atomic mass is 9.79. The quantitative estimate of drug-likeness (QED) is 0.780. The molecule has 0 amide bonds. The third-order valence-corrected chi connectivity index (χ3v) is 4.11. The van der Waals surface area contributed by atoms with Crippen molar-refractivity contribution < 1.29 is 5.11 Å². The molecule has 0 unspecified atom stereocenters. The number of nitrogens with zero attached hydrogens (tertiary/aromatic N) is 2. The fourth-order valence-corrected chi connectivity index (χ4v) is 2.63. The Morgan fingerprint density at radius 2 is 2.22 bits per heavy atom. The van der Waals surface area contributed by atoms with E-state index in [-0.39, 0.29) is 0 Å². The van der Waals surface area contributed by atoms with Gasteiger partial charge in [-0.3, -0.25) is 0 Å². The van der Waals surface area contributed by atoms with Gasteiger partial charge in [0.2, 0.25) is 0 Å². The molecule has 1 heterocycles. The lowest BCUT2D eigenvalue weighted by Crippen LogP contribution is -2.43. The van der Waals surface area contributed by atoms with Gasteiger partial charge in [-0.05, 0) is 31.6 Å². The first-order valence-electron chi connectivity index (χ1n) is 6.98. The number of hydrogen-bond donors (Lipinski definition) is 2. The molecule has 1 aliphatic carbocycles. The molecule has 1 saturated carbocycles. The lowest BCUT2D eigenvalue weighted by Gasteiger charge is -2.35. The Hall–Kier alpha value is -0.870. The minimum atomic E-state index is -0.478. The third kappa shape index (κ3) is 3.56. The van der Waals surface area contributed by atoms with Crippen LogP contribution in [0.5, 0.6) is 0 Å². The fourth-order valence-electron chi connectivity index (χ4n) is 2.63. The first-order chi connectivity index (χ1) is 8.59. The van der Waals surface area contributed by atoms with Crippen molar-refractivity contribution in [3.05, 3.63) is 18.2 Å². The Balaban J connectivity index is 1.67. The van der Waals surface area contributed by atoms with Crippen molar-refractivity contribution in [2.45, 2.75) is 44.6 Å². The van der Waals surface area contributed by atoms with Crippen molar-refractivity contribution in [2.75, 3.05) is 13.1 Å². The van der Waals surface area contributed by atoms with Gasteiger partial charge >= 0.3 is 0 Å². The summed E-state index contributed by atoms with van der Waals surface area (Å²) in [7, 11) is 2.01. The highest BCUT2D eigenvalue weighted by Crippen LogP contribution is 2.31. The van der Waals surface area contributed by atoms with Gasteiger partial charge in [0, 0.05) is 39.0 Å². The molecular weight excluding hydrogens is 226 g/mol. The molecule has 2 N–H and O–H groups in total. The van der Waals surface area contributed by atoms with Gasteiger partial charge in [0.25, 0.3) is 0 Å². The van der Waals surface area contributed by atoms with Gasteiger partial charge < -0.3 is 15.0 Å². The normalized spacial score (nSPS) is 28.5. The number of nitrogens with one attached hydrogen (secondary N) is 1. The zero-order chi connectivity index (χ0) is 13.0. The van der Waals surface area contributed by atoms with Crippen molar-refractivity contribution in [3.8, 4) is 0 Å². The molecule has 0 aromatic carbocycles. The molecule has 4 heteroatoms. The Bertz CT molecular complexity index is 367. The van der Waals surface area contributed by atoms with Crippen molar-refractivity contribution in [3.63, 3.8) is 0 Å². The highest BCUT2D eigenvalue weighted by Gasteiger charge is 2.31. The van der Waals surface area contributed by atoms with E-state index in [4.69, 9.17) is 0 Å². The molecule has 1 aromatic heterocycles. The van der Waals surface area contributed by atoms with Gasteiger partial charge in [-0.1, -0.05) is 6.92 Å². The van der Waals surface area contributed by atoms with Crippen LogP contribution in [0.4, 0.5) is 0 Å². The van der Waals surface area contributed by atoms with E-state index in [9.17, 15) is 5.11 Å². The molecular formula is C14H25N3O. The largest absolute Gasteiger partial charge is 0.389 e. The number of aryl methyl sites for hydroxylation is 1. The van der Waals surface area contributed by atoms with Crippen LogP contribution in [-0.4, -0.2) is 33.3 Å². The topological polar surface area (TPSA) is 50.1 Å². The predicted octanol–water partition coefficient (Wildman–Crippen LogP) is 1.49. The summed E-state index contributed by atoms with van der Waals surface area (Å²) in [5.41, 5.74) is -0.478. The molecule has 0 radical (unpaired) electrons. The van der Waals surface area contributed by atoms with Crippen LogP contribution in [-0.2, 0) is 13.5 Å². The van der Waals surface area contributed by atoms with Gasteiger partial charge in [-0.2, -0.15) is 0 Å². The average Bonchev–Trinajstić information content (AvgIpc) is 2.75. The molecule has 0 aliphatic heterocycles. The maximum Gasteiger partial charge on any atom is 0.109 e. The summed E-state index contributed by atoms with van der Waals surface area (Å²) < 4.78 is 2.04. The zero-order valence-corrected chi connectivity index (χ0v) is 11.5. The third-order valence-electron chi connectivity index (χ3n) is 4.11. The smallest absolute Gasteiger partial charge is 0.109 e. The highest BCUT2D eigenvalue weighted by atomic mass is 16.3. The molecule has 0 spiro atoms. The number of imidazole rings is 1. The monoisotopic (exact) mass is 251 g/mol. The first-order valence-corrected chi connectivity index (χ1v) is 6.98. The van der Waals surface area contributed by atoms with Crippen LogP contribution in [0.2, 0.25) is 0 Å². The summed E-state index contributed by atoms with van der Waals surface area (Å²) >= 11 is 0. The standard InChI is InChI=1S/C14H25N3O/c1-12-3-6-14(18,7-4-12)11-15-8-5-13-16-9-10-17(13)2/h9-10,12,15,18H,3-8,11H2,1-2H3. The van der Waals surface area contributed by atoms with E-state index in [1.165, 1.54) is 0 Å². The van der Waals surface area contributed by atoms with Crippen LogP contribution >= 0.6 is 0 Å². The van der Waals surface area contributed by atoms with Gasteiger partial charge in [-0.15, -0.1) is 0 Å². The SMILES string of the molecule is CC1CCC(O)(CNCCc2nccn2C)CC1. The van der Waals surface area contributed by atoms with E-state index < -0.39 is 5.60 Å². The van der Waals surface area contributed by atoms with Gasteiger partial charge in [0.1, 0.15) is 5.82 Å². The lowest BCUT2D eigenvalue weighted by molar-refractivity contribution is -0.00586. The molecule has 0 atom stereocenters. The first kappa shape index (κ1) is 13.6. The second kappa shape index (κ2) is 5.85. The molecule has 18 heavy (non-hydrogen) atoms. The maximum atomic E-state index is 10.4. The molecule has 1 fully saturated rings. The van der Waals surface area contributed by atoms with Gasteiger partial charge in [0.15, 0.2) is 0 Å². The van der Waals surface area contributed by atoms with E-state index >= 15 is 0 Å². The summed E-state index contributed by atoms with van der Waals surface area (Å²) in [4.78, 5) is 4.29. The second-order valence-corrected chi connectivity index (χ2v) is 5.79. The molecule has 102 valence electrons. The molecule has 0 saturated heterocycles. The summed E-state index contributed by atoms with van der Waals surface area (Å²) in [6.45, 7) is 3.86. The highest BCUT2D eigenvalue weighted by molar-refractivity contribution is 4.92. The van der Waals surface area contributed by atoms with Crippen molar-refractivity contribution in [2.24, 2.45) is 13.0 Å². The van der Waals surface area contributed by atoms with Crippen molar-refractivity contribution >= 4 is 0 Å². The van der Waals surface area contributed by atoms with Crippen LogP contribution in [0.15, 0.2) is 12.4 Å². The van der Waals surface area contributed by atoms with E-state index in [1.807, 2.05) is 24.0 Å². The predicted molar refractivity (Wildman–Crippen MR) is 72.4 cm³/mol. The number of rotatable bonds is 5. The Kier molecular flexibility index (Phi) is 4.40. The summed E-state index contributed by atoms with van der Waals surface area (Å²) in [6.07, 6.45) is 8.87. The average molecular weight is 251 g/mol. The fraction of sp³-hybridized carbons (Fsp3) is 0.786. The Morgan fingerprint density at radius 1 is 1.50 bits per heavy atom. The van der Waals surface area contributed by atoms with Crippen LogP contribution in [0.25, 0.3) is 0 Å². The van der Waals surface area contributed by atoms with Crippen LogP contribution in [0.1, 0.15) is 38.4 Å². The van der Waals surface area contributed by atoms with Crippen molar-refractivity contribution in [1.29, 1.82) is 0 Å². The van der Waals surface area contributed by atoms with E-state index in [0.29, 0.717) is 6.54 Å². The minimum absolute atomic E-state index is 0.478. The summed E-state index contributed by atoms with van der Waals surface area (Å²) in [5.74, 6) is 1.87. The maximum absolute atomic E-state index is 10.4. The number of hydrogen-bond acceptors (Lipinski definition) is 3. The number of aliphatic hydroxyl groups is 1. The van der Waals surface area contributed by atoms with E-state index in [1.54, 1.807) is 0 Å². The minimum Gasteiger partial charge on any atom is -0.389 e. The Morgan fingerprint density at radius 3 is 2.83 bits per heavy atom.